The number of aromatic nitrogens is 1. The summed E-state index contributed by atoms with van der Waals surface area (Å²) >= 11 is 5.76. The van der Waals surface area contributed by atoms with E-state index in [0.717, 1.165) is 12.0 Å². The SMILES string of the molecule is CCc1ccc(Oc2nc(Cl)ccc2[N+](=O)[O-])c(OC)c1. The molecule has 0 fully saturated rings. The number of hydrogen-bond acceptors (Lipinski definition) is 5. The maximum Gasteiger partial charge on any atom is 0.331 e. The van der Waals surface area contributed by atoms with Crippen molar-refractivity contribution in [1.82, 2.24) is 4.98 Å². The van der Waals surface area contributed by atoms with Crippen LogP contribution in [0.2, 0.25) is 5.15 Å². The molecule has 0 aliphatic rings. The topological polar surface area (TPSA) is 74.5 Å². The lowest BCUT2D eigenvalue weighted by Gasteiger charge is -2.11. The van der Waals surface area contributed by atoms with E-state index in [9.17, 15) is 10.1 Å². The molecule has 0 atom stereocenters. The molecule has 7 heteroatoms. The smallest absolute Gasteiger partial charge is 0.331 e. The van der Waals surface area contributed by atoms with Gasteiger partial charge in [0.2, 0.25) is 0 Å². The van der Waals surface area contributed by atoms with Gasteiger partial charge in [-0.25, -0.2) is 0 Å². The van der Waals surface area contributed by atoms with Crippen molar-refractivity contribution >= 4 is 17.3 Å². The Kier molecular flexibility index (Phi) is 4.59. The molecule has 110 valence electrons. The van der Waals surface area contributed by atoms with Crippen LogP contribution in [0.5, 0.6) is 17.4 Å². The highest BCUT2D eigenvalue weighted by Crippen LogP contribution is 2.36. The van der Waals surface area contributed by atoms with Crippen LogP contribution in [0, 0.1) is 10.1 Å². The molecule has 0 saturated heterocycles. The molecule has 1 heterocycles. The first kappa shape index (κ1) is 15.1. The summed E-state index contributed by atoms with van der Waals surface area (Å²) in [6.45, 7) is 2.01. The molecule has 0 radical (unpaired) electrons. The minimum absolute atomic E-state index is 0.111. The standard InChI is InChI=1S/C14H13ClN2O4/c1-3-9-4-6-11(12(8-9)20-2)21-14-10(17(18)19)5-7-13(15)16-14/h4-8H,3H2,1-2H3. The number of aryl methyl sites for hydroxylation is 1. The first-order valence-corrected chi connectivity index (χ1v) is 6.58. The van der Waals surface area contributed by atoms with E-state index in [1.54, 1.807) is 6.07 Å². The fourth-order valence-electron chi connectivity index (χ4n) is 1.74. The van der Waals surface area contributed by atoms with Crippen molar-refractivity contribution in [3.63, 3.8) is 0 Å². The van der Waals surface area contributed by atoms with E-state index in [0.29, 0.717) is 11.5 Å². The quantitative estimate of drug-likeness (QED) is 0.474. The molecule has 0 amide bonds. The van der Waals surface area contributed by atoms with Crippen molar-refractivity contribution in [2.24, 2.45) is 0 Å². The van der Waals surface area contributed by atoms with E-state index in [2.05, 4.69) is 4.98 Å². The summed E-state index contributed by atoms with van der Waals surface area (Å²) in [5.74, 6) is 0.646. The molecule has 0 bridgehead atoms. The predicted octanol–water partition coefficient (Wildman–Crippen LogP) is 4.01. The van der Waals surface area contributed by atoms with Gasteiger partial charge in [0.1, 0.15) is 5.15 Å². The van der Waals surface area contributed by atoms with Crippen LogP contribution in [0.25, 0.3) is 0 Å². The summed E-state index contributed by atoms with van der Waals surface area (Å²) in [5, 5.41) is 11.1. The van der Waals surface area contributed by atoms with Gasteiger partial charge in [-0.3, -0.25) is 10.1 Å². The average Bonchev–Trinajstić information content (AvgIpc) is 2.47. The Bertz CT molecular complexity index is 676. The molecule has 0 N–H and O–H groups in total. The monoisotopic (exact) mass is 308 g/mol. The molecule has 1 aromatic heterocycles. The first-order chi connectivity index (χ1) is 10.0. The first-order valence-electron chi connectivity index (χ1n) is 6.20. The van der Waals surface area contributed by atoms with E-state index in [-0.39, 0.29) is 16.7 Å². The van der Waals surface area contributed by atoms with Gasteiger partial charge in [0.05, 0.1) is 12.0 Å². The third kappa shape index (κ3) is 3.41. The summed E-state index contributed by atoms with van der Waals surface area (Å²) in [4.78, 5) is 14.3. The Morgan fingerprint density at radius 3 is 2.67 bits per heavy atom. The highest BCUT2D eigenvalue weighted by atomic mass is 35.5. The van der Waals surface area contributed by atoms with Crippen LogP contribution in [0.15, 0.2) is 30.3 Å². The Hall–Kier alpha value is -2.34. The number of rotatable bonds is 5. The number of nitrogens with zero attached hydrogens (tertiary/aromatic N) is 2. The molecule has 0 aliphatic heterocycles. The van der Waals surface area contributed by atoms with Crippen molar-refractivity contribution in [2.45, 2.75) is 13.3 Å². The maximum atomic E-state index is 11.0. The molecule has 1 aromatic carbocycles. The van der Waals surface area contributed by atoms with Crippen LogP contribution in [0.4, 0.5) is 5.69 Å². The van der Waals surface area contributed by atoms with Crippen LogP contribution in [-0.4, -0.2) is 17.0 Å². The van der Waals surface area contributed by atoms with Gasteiger partial charge in [0, 0.05) is 6.07 Å². The number of pyridine rings is 1. The molecule has 2 aromatic rings. The predicted molar refractivity (Wildman–Crippen MR) is 78.3 cm³/mol. The van der Waals surface area contributed by atoms with Crippen LogP contribution < -0.4 is 9.47 Å². The van der Waals surface area contributed by atoms with Gasteiger partial charge in [-0.05, 0) is 30.2 Å². The van der Waals surface area contributed by atoms with Gasteiger partial charge < -0.3 is 9.47 Å². The van der Waals surface area contributed by atoms with Gasteiger partial charge in [0.25, 0.3) is 0 Å². The third-order valence-corrected chi connectivity index (χ3v) is 3.06. The second-order valence-electron chi connectivity index (χ2n) is 4.16. The summed E-state index contributed by atoms with van der Waals surface area (Å²) in [5.41, 5.74) is 0.800. The molecule has 0 saturated carbocycles. The van der Waals surface area contributed by atoms with Gasteiger partial charge in [0.15, 0.2) is 11.5 Å². The fraction of sp³-hybridized carbons (Fsp3) is 0.214. The van der Waals surface area contributed by atoms with Crippen LogP contribution in [-0.2, 0) is 6.42 Å². The van der Waals surface area contributed by atoms with E-state index in [1.165, 1.54) is 19.2 Å². The van der Waals surface area contributed by atoms with Crippen molar-refractivity contribution in [2.75, 3.05) is 7.11 Å². The second kappa shape index (κ2) is 6.41. The average molecular weight is 309 g/mol. The van der Waals surface area contributed by atoms with Gasteiger partial charge in [-0.1, -0.05) is 24.6 Å². The summed E-state index contributed by atoms with van der Waals surface area (Å²) < 4.78 is 10.7. The Balaban J connectivity index is 2.42. The normalized spacial score (nSPS) is 10.2. The van der Waals surface area contributed by atoms with E-state index < -0.39 is 4.92 Å². The largest absolute Gasteiger partial charge is 0.493 e. The number of ether oxygens (including phenoxy) is 2. The lowest BCUT2D eigenvalue weighted by Crippen LogP contribution is -1.98. The molecule has 6 nitrogen and oxygen atoms in total. The molecule has 0 spiro atoms. The molecule has 0 aliphatic carbocycles. The third-order valence-electron chi connectivity index (χ3n) is 2.85. The van der Waals surface area contributed by atoms with Crippen LogP contribution in [0.1, 0.15) is 12.5 Å². The summed E-state index contributed by atoms with van der Waals surface area (Å²) in [6, 6.07) is 7.94. The Morgan fingerprint density at radius 1 is 1.29 bits per heavy atom. The zero-order chi connectivity index (χ0) is 15.4. The minimum atomic E-state index is -0.578. The van der Waals surface area contributed by atoms with Crippen molar-refractivity contribution in [3.8, 4) is 17.4 Å². The molecular weight excluding hydrogens is 296 g/mol. The van der Waals surface area contributed by atoms with Crippen molar-refractivity contribution in [3.05, 3.63) is 51.2 Å². The van der Waals surface area contributed by atoms with Gasteiger partial charge in [-0.15, -0.1) is 0 Å². The van der Waals surface area contributed by atoms with E-state index >= 15 is 0 Å². The minimum Gasteiger partial charge on any atom is -0.493 e. The van der Waals surface area contributed by atoms with Crippen molar-refractivity contribution < 1.29 is 14.4 Å². The number of halogens is 1. The number of hydrogen-bond donors (Lipinski definition) is 0. The molecular formula is C14H13ClN2O4. The summed E-state index contributed by atoms with van der Waals surface area (Å²) in [7, 11) is 1.50. The zero-order valence-corrected chi connectivity index (χ0v) is 12.3. The number of nitro groups is 1. The zero-order valence-electron chi connectivity index (χ0n) is 11.5. The van der Waals surface area contributed by atoms with Gasteiger partial charge in [-0.2, -0.15) is 4.98 Å². The van der Waals surface area contributed by atoms with Crippen LogP contribution in [0.3, 0.4) is 0 Å². The lowest BCUT2D eigenvalue weighted by atomic mass is 10.1. The number of methoxy groups -OCH3 is 1. The Labute approximate surface area is 126 Å². The number of benzene rings is 1. The Morgan fingerprint density at radius 2 is 2.05 bits per heavy atom. The molecule has 0 unspecified atom stereocenters. The van der Waals surface area contributed by atoms with E-state index in [4.69, 9.17) is 21.1 Å². The van der Waals surface area contributed by atoms with Crippen molar-refractivity contribution in [1.29, 1.82) is 0 Å². The summed E-state index contributed by atoms with van der Waals surface area (Å²) in [6.07, 6.45) is 0.839. The van der Waals surface area contributed by atoms with E-state index in [1.807, 2.05) is 19.1 Å². The second-order valence-corrected chi connectivity index (χ2v) is 4.54. The van der Waals surface area contributed by atoms with Crippen LogP contribution >= 0.6 is 11.6 Å². The van der Waals surface area contributed by atoms with Gasteiger partial charge >= 0.3 is 11.6 Å². The maximum absolute atomic E-state index is 11.0. The lowest BCUT2D eigenvalue weighted by molar-refractivity contribution is -0.386. The molecule has 21 heavy (non-hydrogen) atoms. The molecule has 2 rings (SSSR count). The fourth-order valence-corrected chi connectivity index (χ4v) is 1.88. The highest BCUT2D eigenvalue weighted by Gasteiger charge is 2.19. The highest BCUT2D eigenvalue weighted by molar-refractivity contribution is 6.29.